The van der Waals surface area contributed by atoms with E-state index in [4.69, 9.17) is 0 Å². The quantitative estimate of drug-likeness (QED) is 0.868. The number of rotatable bonds is 4. The monoisotopic (exact) mass is 301 g/mol. The van der Waals surface area contributed by atoms with E-state index in [1.165, 1.54) is 17.5 Å². The molecule has 1 saturated heterocycles. The Bertz CT molecular complexity index is 596. The van der Waals surface area contributed by atoms with Crippen LogP contribution in [0.4, 0.5) is 0 Å². The summed E-state index contributed by atoms with van der Waals surface area (Å²) in [5.74, 6) is -0.980. The van der Waals surface area contributed by atoms with Crippen molar-refractivity contribution in [3.63, 3.8) is 0 Å². The molecule has 1 heterocycles. The van der Waals surface area contributed by atoms with E-state index in [1.54, 1.807) is 0 Å². The van der Waals surface area contributed by atoms with Gasteiger partial charge in [-0.3, -0.25) is 14.5 Å². The number of fused-ring (bicyclic) bond motifs is 1. The van der Waals surface area contributed by atoms with Gasteiger partial charge in [0.1, 0.15) is 0 Å². The summed E-state index contributed by atoms with van der Waals surface area (Å²) in [5, 5.41) is 9.19. The van der Waals surface area contributed by atoms with Crippen molar-refractivity contribution in [1.29, 1.82) is 0 Å². The molecule has 0 bridgehead atoms. The van der Waals surface area contributed by atoms with Crippen molar-refractivity contribution in [3.05, 3.63) is 34.9 Å². The molecule has 0 saturated carbocycles. The molecule has 2 atom stereocenters. The van der Waals surface area contributed by atoms with Crippen LogP contribution in [-0.2, 0) is 17.6 Å². The van der Waals surface area contributed by atoms with Crippen LogP contribution in [0.1, 0.15) is 47.7 Å². The number of piperidine rings is 1. The van der Waals surface area contributed by atoms with Crippen LogP contribution in [0, 0.1) is 5.92 Å². The van der Waals surface area contributed by atoms with Crippen LogP contribution in [0.3, 0.4) is 0 Å². The maximum Gasteiger partial charge on any atom is 0.307 e. The van der Waals surface area contributed by atoms with Gasteiger partial charge >= 0.3 is 5.97 Å². The van der Waals surface area contributed by atoms with Gasteiger partial charge in [0, 0.05) is 12.1 Å². The van der Waals surface area contributed by atoms with Crippen LogP contribution in [0.2, 0.25) is 0 Å². The number of aliphatic carboxylic acids is 1. The molecule has 118 valence electrons. The lowest BCUT2D eigenvalue weighted by atomic mass is 9.94. The third-order valence-corrected chi connectivity index (χ3v) is 5.11. The number of Topliss-reactive ketones (excluding diaryl/α,β-unsaturated/α-hetero) is 1. The van der Waals surface area contributed by atoms with Crippen molar-refractivity contribution in [2.75, 3.05) is 13.1 Å². The summed E-state index contributed by atoms with van der Waals surface area (Å²) >= 11 is 0. The van der Waals surface area contributed by atoms with Crippen molar-refractivity contribution < 1.29 is 14.7 Å². The minimum Gasteiger partial charge on any atom is -0.481 e. The molecule has 4 heteroatoms. The third kappa shape index (κ3) is 2.93. The molecule has 2 aliphatic rings. The molecule has 1 aliphatic carbocycles. The van der Waals surface area contributed by atoms with Gasteiger partial charge in [0.15, 0.2) is 5.78 Å². The first-order chi connectivity index (χ1) is 10.6. The zero-order valence-electron chi connectivity index (χ0n) is 13.0. The van der Waals surface area contributed by atoms with E-state index in [-0.39, 0.29) is 17.7 Å². The van der Waals surface area contributed by atoms with Gasteiger partial charge in [-0.2, -0.15) is 0 Å². The Morgan fingerprint density at radius 2 is 2.00 bits per heavy atom. The normalized spacial score (nSPS) is 23.0. The SMILES string of the molecule is CC(C(=O)c1ccc2c(c1)CCC2)N1CCCC(C(=O)O)C1. The van der Waals surface area contributed by atoms with Gasteiger partial charge in [-0.25, -0.2) is 0 Å². The summed E-state index contributed by atoms with van der Waals surface area (Å²) < 4.78 is 0. The fourth-order valence-corrected chi connectivity index (χ4v) is 3.69. The number of carboxylic acid groups (broad SMARTS) is 1. The molecule has 0 amide bonds. The minimum atomic E-state index is -0.748. The smallest absolute Gasteiger partial charge is 0.307 e. The number of ketones is 1. The van der Waals surface area contributed by atoms with Crippen molar-refractivity contribution in [3.8, 4) is 0 Å². The van der Waals surface area contributed by atoms with E-state index < -0.39 is 5.97 Å². The van der Waals surface area contributed by atoms with Crippen LogP contribution in [0.25, 0.3) is 0 Å². The molecule has 3 rings (SSSR count). The van der Waals surface area contributed by atoms with Gasteiger partial charge < -0.3 is 5.11 Å². The number of carboxylic acids is 1. The number of nitrogens with zero attached hydrogens (tertiary/aromatic N) is 1. The fourth-order valence-electron chi connectivity index (χ4n) is 3.69. The Morgan fingerprint density at radius 3 is 2.77 bits per heavy atom. The van der Waals surface area contributed by atoms with E-state index in [2.05, 4.69) is 6.07 Å². The molecule has 1 aliphatic heterocycles. The zero-order valence-corrected chi connectivity index (χ0v) is 13.0. The lowest BCUT2D eigenvalue weighted by Gasteiger charge is -2.34. The van der Waals surface area contributed by atoms with E-state index >= 15 is 0 Å². The standard InChI is InChI=1S/C18H23NO3/c1-12(19-9-3-6-16(11-19)18(21)22)17(20)15-8-7-13-4-2-5-14(13)10-15/h7-8,10,12,16H,2-6,9,11H2,1H3,(H,21,22). The minimum absolute atomic E-state index is 0.112. The molecule has 2 unspecified atom stereocenters. The maximum absolute atomic E-state index is 12.7. The fraction of sp³-hybridized carbons (Fsp3) is 0.556. The van der Waals surface area contributed by atoms with Crippen LogP contribution in [0.5, 0.6) is 0 Å². The Hall–Kier alpha value is -1.68. The Balaban J connectivity index is 1.72. The van der Waals surface area contributed by atoms with E-state index in [1.807, 2.05) is 24.0 Å². The lowest BCUT2D eigenvalue weighted by Crippen LogP contribution is -2.46. The molecule has 4 nitrogen and oxygen atoms in total. The summed E-state index contributed by atoms with van der Waals surface area (Å²) in [6, 6.07) is 5.81. The number of carbonyl (C=O) groups is 2. The van der Waals surface area contributed by atoms with Gasteiger partial charge in [-0.1, -0.05) is 12.1 Å². The number of benzene rings is 1. The number of aryl methyl sites for hydroxylation is 2. The Kier molecular flexibility index (Phi) is 4.30. The average molecular weight is 301 g/mol. The van der Waals surface area contributed by atoms with Gasteiger partial charge in [0.05, 0.1) is 12.0 Å². The summed E-state index contributed by atoms with van der Waals surface area (Å²) in [4.78, 5) is 25.9. The van der Waals surface area contributed by atoms with E-state index in [0.717, 1.165) is 31.4 Å². The molecule has 0 spiro atoms. The molecule has 1 N–H and O–H groups in total. The van der Waals surface area contributed by atoms with Crippen LogP contribution >= 0.6 is 0 Å². The average Bonchev–Trinajstić information content (AvgIpc) is 3.01. The number of carbonyl (C=O) groups excluding carboxylic acids is 1. The Labute approximate surface area is 131 Å². The highest BCUT2D eigenvalue weighted by atomic mass is 16.4. The maximum atomic E-state index is 12.7. The second-order valence-corrected chi connectivity index (χ2v) is 6.55. The highest BCUT2D eigenvalue weighted by Gasteiger charge is 2.31. The van der Waals surface area contributed by atoms with Crippen LogP contribution in [0.15, 0.2) is 18.2 Å². The highest BCUT2D eigenvalue weighted by molar-refractivity contribution is 6.00. The van der Waals surface area contributed by atoms with Gasteiger partial charge in [-0.05, 0) is 62.8 Å². The largest absolute Gasteiger partial charge is 0.481 e. The van der Waals surface area contributed by atoms with Crippen LogP contribution < -0.4 is 0 Å². The van der Waals surface area contributed by atoms with E-state index in [9.17, 15) is 14.7 Å². The lowest BCUT2D eigenvalue weighted by molar-refractivity contribution is -0.143. The van der Waals surface area contributed by atoms with Crippen LogP contribution in [-0.4, -0.2) is 40.9 Å². The first-order valence-electron chi connectivity index (χ1n) is 8.19. The first-order valence-corrected chi connectivity index (χ1v) is 8.19. The molecular formula is C18H23NO3. The van der Waals surface area contributed by atoms with Gasteiger partial charge in [-0.15, -0.1) is 0 Å². The number of hydrogen-bond acceptors (Lipinski definition) is 3. The van der Waals surface area contributed by atoms with E-state index in [0.29, 0.717) is 13.0 Å². The van der Waals surface area contributed by atoms with Crippen molar-refractivity contribution in [2.24, 2.45) is 5.92 Å². The molecule has 0 radical (unpaired) electrons. The zero-order chi connectivity index (χ0) is 15.7. The predicted molar refractivity (Wildman–Crippen MR) is 84.2 cm³/mol. The summed E-state index contributed by atoms with van der Waals surface area (Å²) in [6.07, 6.45) is 4.92. The topological polar surface area (TPSA) is 57.6 Å². The highest BCUT2D eigenvalue weighted by Crippen LogP contribution is 2.25. The second kappa shape index (κ2) is 6.21. The Morgan fingerprint density at radius 1 is 1.23 bits per heavy atom. The predicted octanol–water partition coefficient (Wildman–Crippen LogP) is 2.54. The third-order valence-electron chi connectivity index (χ3n) is 5.11. The number of hydrogen-bond donors (Lipinski definition) is 1. The summed E-state index contributed by atoms with van der Waals surface area (Å²) in [6.45, 7) is 3.19. The summed E-state index contributed by atoms with van der Waals surface area (Å²) in [5.41, 5.74) is 3.44. The molecular weight excluding hydrogens is 278 g/mol. The first kappa shape index (κ1) is 15.2. The molecule has 1 fully saturated rings. The van der Waals surface area contributed by atoms with Crippen molar-refractivity contribution >= 4 is 11.8 Å². The van der Waals surface area contributed by atoms with Gasteiger partial charge in [0.2, 0.25) is 0 Å². The van der Waals surface area contributed by atoms with Crippen molar-refractivity contribution in [1.82, 2.24) is 4.90 Å². The molecule has 1 aromatic rings. The molecule has 1 aromatic carbocycles. The second-order valence-electron chi connectivity index (χ2n) is 6.55. The van der Waals surface area contributed by atoms with Gasteiger partial charge in [0.25, 0.3) is 0 Å². The molecule has 0 aromatic heterocycles. The molecule has 22 heavy (non-hydrogen) atoms. The summed E-state index contributed by atoms with van der Waals surface area (Å²) in [7, 11) is 0. The van der Waals surface area contributed by atoms with Crippen molar-refractivity contribution in [2.45, 2.75) is 45.1 Å². The number of likely N-dealkylation sites (tertiary alicyclic amines) is 1.